The van der Waals surface area contributed by atoms with Gasteiger partial charge < -0.3 is 5.73 Å². The van der Waals surface area contributed by atoms with E-state index in [1.165, 1.54) is 0 Å². The van der Waals surface area contributed by atoms with Crippen molar-refractivity contribution in [2.45, 2.75) is 25.9 Å². The highest BCUT2D eigenvalue weighted by molar-refractivity contribution is 7.56. The molecule has 2 unspecified atom stereocenters. The summed E-state index contributed by atoms with van der Waals surface area (Å²) < 4.78 is 18.2. The van der Waals surface area contributed by atoms with Gasteiger partial charge in [-0.3, -0.25) is 4.57 Å². The lowest BCUT2D eigenvalue weighted by Crippen LogP contribution is -2.45. The summed E-state index contributed by atoms with van der Waals surface area (Å²) in [5.41, 5.74) is 5.83. The first-order chi connectivity index (χ1) is 6.65. The molecule has 92 valence electrons. The van der Waals surface area contributed by atoms with Crippen LogP contribution in [0.5, 0.6) is 0 Å². The van der Waals surface area contributed by atoms with E-state index in [9.17, 15) is 4.57 Å². The van der Waals surface area contributed by atoms with Gasteiger partial charge in [0.05, 0.1) is 0 Å². The Morgan fingerprint density at radius 1 is 1.00 bits per heavy atom. The lowest BCUT2D eigenvalue weighted by Gasteiger charge is -2.41. The van der Waals surface area contributed by atoms with Gasteiger partial charge >= 0.3 is 0 Å². The molecule has 0 saturated carbocycles. The van der Waals surface area contributed by atoms with Crippen LogP contribution < -0.4 is 5.73 Å². The van der Waals surface area contributed by atoms with E-state index in [0.29, 0.717) is 0 Å². The van der Waals surface area contributed by atoms with Gasteiger partial charge in [-0.25, -0.2) is 14.0 Å². The Kier molecular flexibility index (Phi) is 5.44. The summed E-state index contributed by atoms with van der Waals surface area (Å²) in [4.78, 5) is 0. The van der Waals surface area contributed by atoms with Crippen molar-refractivity contribution in [2.24, 2.45) is 5.73 Å². The molecule has 0 aliphatic heterocycles. The first-order valence-electron chi connectivity index (χ1n) is 5.10. The summed E-state index contributed by atoms with van der Waals surface area (Å²) in [5.74, 6) is 0. The van der Waals surface area contributed by atoms with Gasteiger partial charge in [0.2, 0.25) is 0 Å². The number of nitrogens with zero attached hydrogens (tertiary/aromatic N) is 3. The fourth-order valence-electron chi connectivity index (χ4n) is 1.50. The normalized spacial score (nSPS) is 17.5. The maximum Gasteiger partial charge on any atom is 0.285 e. The predicted molar refractivity (Wildman–Crippen MR) is 65.9 cm³/mol. The van der Waals surface area contributed by atoms with Crippen molar-refractivity contribution in [1.82, 2.24) is 14.0 Å². The Balaban J connectivity index is 5.04. The minimum absolute atomic E-state index is 0.0109. The van der Waals surface area contributed by atoms with Crippen molar-refractivity contribution in [1.29, 1.82) is 0 Å². The van der Waals surface area contributed by atoms with Crippen LogP contribution in [-0.2, 0) is 4.57 Å². The lowest BCUT2D eigenvalue weighted by molar-refractivity contribution is 0.293. The SMILES string of the molecule is CC(N)C(C)N(C)P(=O)(N(C)C)N(C)C. The van der Waals surface area contributed by atoms with E-state index in [1.807, 2.05) is 53.8 Å². The second-order valence-electron chi connectivity index (χ2n) is 4.38. The highest BCUT2D eigenvalue weighted by Gasteiger charge is 2.36. The van der Waals surface area contributed by atoms with Crippen molar-refractivity contribution in [3.8, 4) is 0 Å². The first kappa shape index (κ1) is 15.1. The molecule has 0 amide bonds. The molecule has 0 aromatic carbocycles. The summed E-state index contributed by atoms with van der Waals surface area (Å²) in [7, 11) is 6.51. The predicted octanol–water partition coefficient (Wildman–Crippen LogP) is 0.885. The molecule has 0 aliphatic rings. The second kappa shape index (κ2) is 5.41. The number of rotatable bonds is 5. The molecule has 0 aromatic heterocycles. The van der Waals surface area contributed by atoms with Gasteiger partial charge in [-0.05, 0) is 49.1 Å². The van der Waals surface area contributed by atoms with Gasteiger partial charge in [0.15, 0.2) is 0 Å². The summed E-state index contributed by atoms with van der Waals surface area (Å²) in [5, 5.41) is 0. The summed E-state index contributed by atoms with van der Waals surface area (Å²) in [6.07, 6.45) is 0. The summed E-state index contributed by atoms with van der Waals surface area (Å²) in [6.45, 7) is 3.92. The summed E-state index contributed by atoms with van der Waals surface area (Å²) in [6, 6.07) is 0.0591. The largest absolute Gasteiger partial charge is 0.327 e. The molecular formula is C9H25N4OP. The van der Waals surface area contributed by atoms with Crippen LogP contribution in [0, 0.1) is 0 Å². The fraction of sp³-hybridized carbons (Fsp3) is 1.00. The average molecular weight is 236 g/mol. The zero-order valence-electron chi connectivity index (χ0n) is 10.9. The van der Waals surface area contributed by atoms with Crippen LogP contribution in [0.2, 0.25) is 0 Å². The highest BCUT2D eigenvalue weighted by Crippen LogP contribution is 2.53. The van der Waals surface area contributed by atoms with Gasteiger partial charge in [0.1, 0.15) is 0 Å². The van der Waals surface area contributed by atoms with Gasteiger partial charge in [0.25, 0.3) is 7.59 Å². The Hall–Kier alpha value is 0.0700. The molecule has 2 N–H and O–H groups in total. The van der Waals surface area contributed by atoms with E-state index >= 15 is 0 Å². The molecule has 0 spiro atoms. The van der Waals surface area contributed by atoms with Crippen molar-refractivity contribution >= 4 is 7.59 Å². The van der Waals surface area contributed by atoms with Crippen LogP contribution in [-0.4, -0.2) is 61.3 Å². The number of likely N-dealkylation sites (N-methyl/N-ethyl adjacent to an activating group) is 1. The van der Waals surface area contributed by atoms with Crippen LogP contribution >= 0.6 is 7.59 Å². The Morgan fingerprint density at radius 3 is 1.53 bits per heavy atom. The van der Waals surface area contributed by atoms with Crippen LogP contribution in [0.15, 0.2) is 0 Å². The topological polar surface area (TPSA) is 52.8 Å². The second-order valence-corrected chi connectivity index (χ2v) is 7.64. The van der Waals surface area contributed by atoms with Crippen LogP contribution in [0.1, 0.15) is 13.8 Å². The van der Waals surface area contributed by atoms with Crippen LogP contribution in [0.25, 0.3) is 0 Å². The third-order valence-electron chi connectivity index (χ3n) is 2.80. The maximum absolute atomic E-state index is 12.8. The quantitative estimate of drug-likeness (QED) is 0.718. The Labute approximate surface area is 93.7 Å². The molecule has 0 rings (SSSR count). The minimum Gasteiger partial charge on any atom is -0.327 e. The fourth-order valence-corrected chi connectivity index (χ4v) is 4.03. The molecule has 6 heteroatoms. The van der Waals surface area contributed by atoms with Crippen LogP contribution in [0.4, 0.5) is 0 Å². The van der Waals surface area contributed by atoms with Crippen molar-refractivity contribution in [3.05, 3.63) is 0 Å². The first-order valence-corrected chi connectivity index (χ1v) is 6.66. The monoisotopic (exact) mass is 236 g/mol. The minimum atomic E-state index is -2.64. The van der Waals surface area contributed by atoms with Crippen molar-refractivity contribution in [3.63, 3.8) is 0 Å². The van der Waals surface area contributed by atoms with Gasteiger partial charge in [0, 0.05) is 12.1 Å². The molecule has 15 heavy (non-hydrogen) atoms. The zero-order valence-corrected chi connectivity index (χ0v) is 11.8. The van der Waals surface area contributed by atoms with E-state index in [4.69, 9.17) is 5.73 Å². The number of hydrogen-bond donors (Lipinski definition) is 1. The Bertz CT molecular complexity index is 230. The maximum atomic E-state index is 12.8. The third kappa shape index (κ3) is 3.02. The smallest absolute Gasteiger partial charge is 0.285 e. The van der Waals surface area contributed by atoms with E-state index in [0.717, 1.165) is 0 Å². The Morgan fingerprint density at radius 2 is 1.33 bits per heavy atom. The van der Waals surface area contributed by atoms with E-state index < -0.39 is 7.59 Å². The molecular weight excluding hydrogens is 211 g/mol. The standard InChI is InChI=1S/C9H25N4OP/c1-8(10)9(2)13(7)15(14,11(3)4)12(5)6/h8-9H,10H2,1-7H3. The average Bonchev–Trinajstić information content (AvgIpc) is 2.13. The third-order valence-corrected chi connectivity index (χ3v) is 6.07. The molecule has 5 nitrogen and oxygen atoms in total. The summed E-state index contributed by atoms with van der Waals surface area (Å²) >= 11 is 0. The molecule has 0 saturated heterocycles. The van der Waals surface area contributed by atoms with E-state index in [1.54, 1.807) is 9.34 Å². The molecule has 0 radical (unpaired) electrons. The van der Waals surface area contributed by atoms with Crippen molar-refractivity contribution < 1.29 is 4.57 Å². The lowest BCUT2D eigenvalue weighted by atomic mass is 10.2. The molecule has 0 aliphatic carbocycles. The number of nitrogens with two attached hydrogens (primary N) is 1. The van der Waals surface area contributed by atoms with E-state index in [-0.39, 0.29) is 12.1 Å². The molecule has 0 heterocycles. The van der Waals surface area contributed by atoms with Gasteiger partial charge in [-0.2, -0.15) is 0 Å². The van der Waals surface area contributed by atoms with E-state index in [2.05, 4.69) is 0 Å². The number of hydrogen-bond acceptors (Lipinski definition) is 2. The zero-order chi connectivity index (χ0) is 12.4. The molecule has 0 bridgehead atoms. The van der Waals surface area contributed by atoms with Crippen molar-refractivity contribution in [2.75, 3.05) is 35.2 Å². The van der Waals surface area contributed by atoms with Gasteiger partial charge in [-0.15, -0.1) is 0 Å². The highest BCUT2D eigenvalue weighted by atomic mass is 31.2. The van der Waals surface area contributed by atoms with Crippen LogP contribution in [0.3, 0.4) is 0 Å². The molecule has 2 atom stereocenters. The van der Waals surface area contributed by atoms with Gasteiger partial charge in [-0.1, -0.05) is 0 Å². The molecule has 0 fully saturated rings. The molecule has 0 aromatic rings.